The van der Waals surface area contributed by atoms with Crippen LogP contribution in [0.15, 0.2) is 40.6 Å². The number of methoxy groups -OCH3 is 1. The van der Waals surface area contributed by atoms with Gasteiger partial charge in [-0.25, -0.2) is 4.90 Å². The van der Waals surface area contributed by atoms with Gasteiger partial charge < -0.3 is 4.74 Å². The van der Waals surface area contributed by atoms with E-state index in [2.05, 4.69) is 15.0 Å². The zero-order valence-corrected chi connectivity index (χ0v) is 12.9. The molecule has 0 aromatic heterocycles. The van der Waals surface area contributed by atoms with Gasteiger partial charge in [0, 0.05) is 6.42 Å². The lowest BCUT2D eigenvalue weighted by atomic mass is 9.80. The molecule has 1 aromatic rings. The molecule has 0 aliphatic carbocycles. The molecule has 3 rings (SSSR count). The molecule has 23 heavy (non-hydrogen) atoms. The summed E-state index contributed by atoms with van der Waals surface area (Å²) in [6, 6.07) is 7.96. The van der Waals surface area contributed by atoms with Gasteiger partial charge in [-0.3, -0.25) is 14.4 Å². The van der Waals surface area contributed by atoms with Crippen LogP contribution in [0.1, 0.15) is 19.8 Å². The van der Waals surface area contributed by atoms with Gasteiger partial charge in [0.1, 0.15) is 0 Å². The van der Waals surface area contributed by atoms with Gasteiger partial charge >= 0.3 is 5.97 Å². The standard InChI is InChI=1S/C16H17N3O4/c1-16(9-8-11(20)23-2)12-13(17-18-16)15(22)19(14(12)21)10-6-4-3-5-7-10/h3-7,12-13H,8-9H2,1-2H3/t12-,13+,16-/m1/s1. The van der Waals surface area contributed by atoms with Gasteiger partial charge in [0.2, 0.25) is 5.91 Å². The van der Waals surface area contributed by atoms with E-state index >= 15 is 0 Å². The van der Waals surface area contributed by atoms with Gasteiger partial charge in [-0.15, -0.1) is 0 Å². The molecule has 7 nitrogen and oxygen atoms in total. The summed E-state index contributed by atoms with van der Waals surface area (Å²) in [7, 11) is 1.31. The number of ether oxygens (including phenoxy) is 1. The van der Waals surface area contributed by atoms with Crippen LogP contribution in [0.25, 0.3) is 0 Å². The van der Waals surface area contributed by atoms with E-state index in [4.69, 9.17) is 0 Å². The molecular weight excluding hydrogens is 298 g/mol. The molecule has 2 heterocycles. The Morgan fingerprint density at radius 2 is 1.96 bits per heavy atom. The smallest absolute Gasteiger partial charge is 0.305 e. The summed E-state index contributed by atoms with van der Waals surface area (Å²) in [5.74, 6) is -1.72. The first-order valence-corrected chi connectivity index (χ1v) is 7.39. The summed E-state index contributed by atoms with van der Waals surface area (Å²) >= 11 is 0. The van der Waals surface area contributed by atoms with Crippen molar-refractivity contribution in [1.29, 1.82) is 0 Å². The minimum absolute atomic E-state index is 0.127. The van der Waals surface area contributed by atoms with Crippen molar-refractivity contribution in [2.75, 3.05) is 12.0 Å². The quantitative estimate of drug-likeness (QED) is 0.625. The molecule has 1 saturated heterocycles. The fraction of sp³-hybridized carbons (Fsp3) is 0.438. The van der Waals surface area contributed by atoms with Crippen LogP contribution in [-0.2, 0) is 19.1 Å². The first-order valence-electron chi connectivity index (χ1n) is 7.39. The van der Waals surface area contributed by atoms with Gasteiger partial charge in [-0.2, -0.15) is 10.2 Å². The number of hydrogen-bond donors (Lipinski definition) is 0. The number of imide groups is 1. The second kappa shape index (κ2) is 5.57. The van der Waals surface area contributed by atoms with E-state index in [-0.39, 0.29) is 24.2 Å². The number of esters is 1. The second-order valence-electron chi connectivity index (χ2n) is 5.92. The van der Waals surface area contributed by atoms with Gasteiger partial charge in [-0.05, 0) is 25.5 Å². The Morgan fingerprint density at radius 1 is 1.26 bits per heavy atom. The molecule has 7 heteroatoms. The third-order valence-corrected chi connectivity index (χ3v) is 4.43. The Bertz CT molecular complexity index is 688. The average molecular weight is 315 g/mol. The maximum atomic E-state index is 12.8. The summed E-state index contributed by atoms with van der Waals surface area (Å²) in [4.78, 5) is 37.9. The molecule has 120 valence electrons. The van der Waals surface area contributed by atoms with Crippen molar-refractivity contribution in [3.05, 3.63) is 30.3 Å². The number of carbonyl (C=O) groups is 3. The third-order valence-electron chi connectivity index (χ3n) is 4.43. The van der Waals surface area contributed by atoms with Crippen molar-refractivity contribution in [1.82, 2.24) is 0 Å². The number of nitrogens with zero attached hydrogens (tertiary/aromatic N) is 3. The highest BCUT2D eigenvalue weighted by Gasteiger charge is 2.60. The maximum absolute atomic E-state index is 12.8. The van der Waals surface area contributed by atoms with Gasteiger partial charge in [-0.1, -0.05) is 18.2 Å². The van der Waals surface area contributed by atoms with Crippen LogP contribution in [0.5, 0.6) is 0 Å². The largest absolute Gasteiger partial charge is 0.469 e. The van der Waals surface area contributed by atoms with Crippen LogP contribution in [0.3, 0.4) is 0 Å². The van der Waals surface area contributed by atoms with Crippen LogP contribution in [0.4, 0.5) is 5.69 Å². The van der Waals surface area contributed by atoms with Crippen molar-refractivity contribution < 1.29 is 19.1 Å². The molecular formula is C16H17N3O4. The number of anilines is 1. The Morgan fingerprint density at radius 3 is 2.61 bits per heavy atom. The van der Waals surface area contributed by atoms with E-state index in [0.29, 0.717) is 12.1 Å². The number of hydrogen-bond acceptors (Lipinski definition) is 6. The molecule has 0 spiro atoms. The fourth-order valence-electron chi connectivity index (χ4n) is 3.13. The molecule has 3 atom stereocenters. The number of rotatable bonds is 4. The Kier molecular flexibility index (Phi) is 3.71. The van der Waals surface area contributed by atoms with E-state index in [1.165, 1.54) is 12.0 Å². The molecule has 0 saturated carbocycles. The second-order valence-corrected chi connectivity index (χ2v) is 5.92. The zero-order chi connectivity index (χ0) is 16.6. The lowest BCUT2D eigenvalue weighted by molar-refractivity contribution is -0.141. The Hall–Kier alpha value is -2.57. The van der Waals surface area contributed by atoms with Crippen LogP contribution in [-0.4, -0.2) is 36.5 Å². The Balaban J connectivity index is 1.86. The van der Waals surface area contributed by atoms with Crippen molar-refractivity contribution >= 4 is 23.5 Å². The molecule has 0 bridgehead atoms. The monoisotopic (exact) mass is 315 g/mol. The molecule has 2 aliphatic rings. The molecule has 1 aromatic carbocycles. The SMILES string of the molecule is COC(=O)CC[C@@]1(C)N=N[C@@H]2C(=O)N(c3ccccc3)C(=O)[C@@H]21. The van der Waals surface area contributed by atoms with Crippen LogP contribution < -0.4 is 4.90 Å². The van der Waals surface area contributed by atoms with Crippen molar-refractivity contribution in [2.24, 2.45) is 16.1 Å². The maximum Gasteiger partial charge on any atom is 0.305 e. The zero-order valence-electron chi connectivity index (χ0n) is 12.9. The normalized spacial score (nSPS) is 29.0. The van der Waals surface area contributed by atoms with Gasteiger partial charge in [0.05, 0.1) is 24.3 Å². The molecule has 1 fully saturated rings. The van der Waals surface area contributed by atoms with E-state index in [9.17, 15) is 14.4 Å². The predicted octanol–water partition coefficient (Wildman–Crippen LogP) is 1.72. The van der Waals surface area contributed by atoms with Gasteiger partial charge in [0.15, 0.2) is 6.04 Å². The molecule has 2 aliphatic heterocycles. The van der Waals surface area contributed by atoms with Crippen LogP contribution >= 0.6 is 0 Å². The lowest BCUT2D eigenvalue weighted by Gasteiger charge is -2.25. The molecule has 0 unspecified atom stereocenters. The van der Waals surface area contributed by atoms with E-state index in [1.54, 1.807) is 31.2 Å². The molecule has 0 radical (unpaired) electrons. The number of para-hydroxylation sites is 1. The highest BCUT2D eigenvalue weighted by molar-refractivity contribution is 6.24. The topological polar surface area (TPSA) is 88.4 Å². The first-order chi connectivity index (χ1) is 11.0. The summed E-state index contributed by atoms with van der Waals surface area (Å²) < 4.78 is 4.63. The number of azo groups is 1. The highest BCUT2D eigenvalue weighted by Crippen LogP contribution is 2.44. The summed E-state index contributed by atoms with van der Waals surface area (Å²) in [6.07, 6.45) is 0.439. The Labute approximate surface area is 133 Å². The van der Waals surface area contributed by atoms with Crippen molar-refractivity contribution in [2.45, 2.75) is 31.3 Å². The van der Waals surface area contributed by atoms with E-state index in [1.807, 2.05) is 6.07 Å². The predicted molar refractivity (Wildman–Crippen MR) is 80.7 cm³/mol. The third kappa shape index (κ3) is 2.42. The lowest BCUT2D eigenvalue weighted by Crippen LogP contribution is -2.39. The summed E-state index contributed by atoms with van der Waals surface area (Å²) in [5, 5.41) is 8.16. The fourth-order valence-corrected chi connectivity index (χ4v) is 3.13. The highest BCUT2D eigenvalue weighted by atomic mass is 16.5. The first kappa shape index (κ1) is 15.3. The van der Waals surface area contributed by atoms with E-state index in [0.717, 1.165) is 0 Å². The minimum Gasteiger partial charge on any atom is -0.469 e. The van der Waals surface area contributed by atoms with Crippen molar-refractivity contribution in [3.8, 4) is 0 Å². The minimum atomic E-state index is -0.866. The van der Waals surface area contributed by atoms with Crippen LogP contribution in [0, 0.1) is 5.92 Å². The summed E-state index contributed by atoms with van der Waals surface area (Å²) in [6.45, 7) is 1.75. The summed E-state index contributed by atoms with van der Waals surface area (Å²) in [5.41, 5.74) is -0.336. The van der Waals surface area contributed by atoms with Gasteiger partial charge in [0.25, 0.3) is 5.91 Å². The molecule has 2 amide bonds. The number of amides is 2. The number of carbonyl (C=O) groups excluding carboxylic acids is 3. The van der Waals surface area contributed by atoms with E-state index < -0.39 is 17.5 Å². The number of fused-ring (bicyclic) bond motifs is 1. The van der Waals surface area contributed by atoms with Crippen molar-refractivity contribution in [3.63, 3.8) is 0 Å². The molecule has 0 N–H and O–H groups in total. The average Bonchev–Trinajstić information content (AvgIpc) is 3.03. The van der Waals surface area contributed by atoms with Crippen LogP contribution in [0.2, 0.25) is 0 Å². The number of benzene rings is 1.